The molecular formula is C15H12N2O5S. The molecule has 3 rings (SSSR count). The van der Waals surface area contributed by atoms with Crippen molar-refractivity contribution in [3.8, 4) is 5.75 Å². The van der Waals surface area contributed by atoms with Crippen LogP contribution in [0.3, 0.4) is 0 Å². The highest BCUT2D eigenvalue weighted by atomic mass is 32.2. The minimum Gasteiger partial charge on any atom is -0.495 e. The molecule has 0 bridgehead atoms. The number of pyridine rings is 1. The van der Waals surface area contributed by atoms with E-state index in [2.05, 4.69) is 4.98 Å². The Morgan fingerprint density at radius 2 is 1.91 bits per heavy atom. The first kappa shape index (κ1) is 15.0. The Morgan fingerprint density at radius 3 is 2.52 bits per heavy atom. The number of aromatic nitrogens is 2. The lowest BCUT2D eigenvalue weighted by atomic mass is 10.3. The Morgan fingerprint density at radius 1 is 1.22 bits per heavy atom. The maximum Gasteiger partial charge on any atom is 0.353 e. The number of methoxy groups -OCH3 is 1. The van der Waals surface area contributed by atoms with Crippen LogP contribution in [0.5, 0.6) is 5.75 Å². The number of hydrogen-bond donors (Lipinski definition) is 1. The van der Waals surface area contributed by atoms with Crippen LogP contribution < -0.4 is 4.74 Å². The number of benzene rings is 1. The van der Waals surface area contributed by atoms with Crippen LogP contribution in [0.1, 0.15) is 10.5 Å². The average Bonchev–Trinajstić information content (AvgIpc) is 2.95. The van der Waals surface area contributed by atoms with Crippen molar-refractivity contribution in [2.45, 2.75) is 4.90 Å². The number of hydrogen-bond acceptors (Lipinski definition) is 5. The predicted molar refractivity (Wildman–Crippen MR) is 82.3 cm³/mol. The summed E-state index contributed by atoms with van der Waals surface area (Å²) in [5.41, 5.74) is -0.350. The normalized spacial score (nSPS) is 11.5. The summed E-state index contributed by atoms with van der Waals surface area (Å²) in [6.45, 7) is 0. The quantitative estimate of drug-likeness (QED) is 0.784. The summed E-state index contributed by atoms with van der Waals surface area (Å²) in [5.74, 6) is -0.954. The van der Waals surface area contributed by atoms with Crippen molar-refractivity contribution >= 4 is 27.0 Å². The number of nitrogens with zero attached hydrogens (tertiary/aromatic N) is 2. The largest absolute Gasteiger partial charge is 0.495 e. The molecule has 118 valence electrons. The van der Waals surface area contributed by atoms with Crippen molar-refractivity contribution in [1.82, 2.24) is 8.96 Å². The van der Waals surface area contributed by atoms with Gasteiger partial charge in [-0.15, -0.1) is 0 Å². The second-order valence-electron chi connectivity index (χ2n) is 4.71. The zero-order valence-corrected chi connectivity index (χ0v) is 12.8. The molecule has 2 heterocycles. The summed E-state index contributed by atoms with van der Waals surface area (Å²) < 4.78 is 31.4. The number of ether oxygens (including phenoxy) is 1. The van der Waals surface area contributed by atoms with Crippen molar-refractivity contribution in [2.75, 3.05) is 7.11 Å². The van der Waals surface area contributed by atoms with E-state index >= 15 is 0 Å². The van der Waals surface area contributed by atoms with Gasteiger partial charge >= 0.3 is 5.97 Å². The van der Waals surface area contributed by atoms with Crippen LogP contribution in [0.4, 0.5) is 0 Å². The van der Waals surface area contributed by atoms with Crippen molar-refractivity contribution in [3.05, 3.63) is 54.4 Å². The van der Waals surface area contributed by atoms with Crippen molar-refractivity contribution < 1.29 is 23.1 Å². The van der Waals surface area contributed by atoms with Gasteiger partial charge in [0.25, 0.3) is 10.0 Å². The van der Waals surface area contributed by atoms with Gasteiger partial charge < -0.3 is 9.84 Å². The van der Waals surface area contributed by atoms with Crippen LogP contribution in [0.25, 0.3) is 11.0 Å². The van der Waals surface area contributed by atoms with Crippen molar-refractivity contribution in [1.29, 1.82) is 0 Å². The standard InChI is InChI=1S/C15H12N2O5S/c1-22-11-7-10-8-13(15(18)19)17(14(10)16-9-11)23(20,21)12-5-3-2-4-6-12/h2-9H,1H3,(H,18,19). The molecule has 23 heavy (non-hydrogen) atoms. The Hall–Kier alpha value is -2.87. The Balaban J connectivity index is 2.36. The van der Waals surface area contributed by atoms with Crippen molar-refractivity contribution in [2.24, 2.45) is 0 Å². The first-order valence-electron chi connectivity index (χ1n) is 6.54. The zero-order valence-electron chi connectivity index (χ0n) is 12.0. The zero-order chi connectivity index (χ0) is 16.6. The molecular weight excluding hydrogens is 320 g/mol. The van der Waals surface area contributed by atoms with Crippen molar-refractivity contribution in [3.63, 3.8) is 0 Å². The second kappa shape index (κ2) is 5.40. The highest BCUT2D eigenvalue weighted by molar-refractivity contribution is 7.90. The van der Waals surface area contributed by atoms with E-state index in [0.717, 1.165) is 3.97 Å². The monoisotopic (exact) mass is 332 g/mol. The molecule has 0 atom stereocenters. The van der Waals surface area contributed by atoms with Crippen LogP contribution in [-0.4, -0.2) is 35.6 Å². The molecule has 0 unspecified atom stereocenters. The molecule has 1 N–H and O–H groups in total. The fourth-order valence-corrected chi connectivity index (χ4v) is 3.73. The average molecular weight is 332 g/mol. The molecule has 0 spiro atoms. The third-order valence-corrected chi connectivity index (χ3v) is 5.03. The first-order valence-corrected chi connectivity index (χ1v) is 7.98. The lowest BCUT2D eigenvalue weighted by molar-refractivity contribution is 0.0689. The molecule has 8 heteroatoms. The minimum absolute atomic E-state index is 0.0161. The number of rotatable bonds is 4. The molecule has 0 aliphatic carbocycles. The molecule has 0 aliphatic rings. The number of aromatic carboxylic acids is 1. The number of carbonyl (C=O) groups is 1. The van der Waals surface area contributed by atoms with E-state index in [0.29, 0.717) is 11.1 Å². The summed E-state index contributed by atoms with van der Waals surface area (Å²) in [6.07, 6.45) is 1.34. The van der Waals surface area contributed by atoms with E-state index in [9.17, 15) is 18.3 Å². The van der Waals surface area contributed by atoms with Gasteiger partial charge in [-0.05, 0) is 24.3 Å². The van der Waals surface area contributed by atoms with Crippen LogP contribution in [0.15, 0.2) is 53.6 Å². The van der Waals surface area contributed by atoms with Gasteiger partial charge in [-0.3, -0.25) is 0 Å². The van der Waals surface area contributed by atoms with Gasteiger partial charge in [-0.1, -0.05) is 18.2 Å². The summed E-state index contributed by atoms with van der Waals surface area (Å²) in [4.78, 5) is 15.5. The molecule has 1 aromatic carbocycles. The maximum atomic E-state index is 12.8. The fourth-order valence-electron chi connectivity index (χ4n) is 2.25. The molecule has 0 amide bonds. The van der Waals surface area contributed by atoms with Gasteiger partial charge in [-0.2, -0.15) is 0 Å². The molecule has 3 aromatic rings. The fraction of sp³-hybridized carbons (Fsp3) is 0.0667. The van der Waals surface area contributed by atoms with Gasteiger partial charge in [0.2, 0.25) is 0 Å². The molecule has 7 nitrogen and oxygen atoms in total. The summed E-state index contributed by atoms with van der Waals surface area (Å²) in [6, 6.07) is 10.4. The predicted octanol–water partition coefficient (Wildman–Crippen LogP) is 1.98. The second-order valence-corrected chi connectivity index (χ2v) is 6.49. The van der Waals surface area contributed by atoms with Gasteiger partial charge in [0.1, 0.15) is 11.4 Å². The van der Waals surface area contributed by atoms with Crippen LogP contribution in [0, 0.1) is 0 Å². The van der Waals surface area contributed by atoms with Gasteiger partial charge in [0.05, 0.1) is 18.2 Å². The lowest BCUT2D eigenvalue weighted by Gasteiger charge is -2.09. The van der Waals surface area contributed by atoms with Crippen LogP contribution in [-0.2, 0) is 10.0 Å². The SMILES string of the molecule is COc1cnc2c(c1)cc(C(=O)O)n2S(=O)(=O)c1ccccc1. The first-order chi connectivity index (χ1) is 10.9. The highest BCUT2D eigenvalue weighted by Crippen LogP contribution is 2.26. The Kier molecular flexibility index (Phi) is 3.53. The topological polar surface area (TPSA) is 98.5 Å². The van der Waals surface area contributed by atoms with E-state index in [-0.39, 0.29) is 16.2 Å². The number of carboxylic acid groups (broad SMARTS) is 1. The molecule has 0 fully saturated rings. The molecule has 2 aromatic heterocycles. The van der Waals surface area contributed by atoms with Crippen LogP contribution >= 0.6 is 0 Å². The third-order valence-electron chi connectivity index (χ3n) is 3.31. The minimum atomic E-state index is -4.08. The maximum absolute atomic E-state index is 12.8. The number of fused-ring (bicyclic) bond motifs is 1. The highest BCUT2D eigenvalue weighted by Gasteiger charge is 2.27. The lowest BCUT2D eigenvalue weighted by Crippen LogP contribution is -2.18. The van der Waals surface area contributed by atoms with E-state index in [1.54, 1.807) is 18.2 Å². The van der Waals surface area contributed by atoms with E-state index in [1.807, 2.05) is 0 Å². The number of carboxylic acids is 1. The van der Waals surface area contributed by atoms with Gasteiger partial charge in [0, 0.05) is 5.39 Å². The van der Waals surface area contributed by atoms with E-state index in [1.165, 1.54) is 37.6 Å². The van der Waals surface area contributed by atoms with Gasteiger partial charge in [-0.25, -0.2) is 22.2 Å². The third kappa shape index (κ3) is 2.42. The smallest absolute Gasteiger partial charge is 0.353 e. The summed E-state index contributed by atoms with van der Waals surface area (Å²) >= 11 is 0. The summed E-state index contributed by atoms with van der Waals surface area (Å²) in [5, 5.41) is 9.72. The Bertz CT molecular complexity index is 993. The molecule has 0 saturated heterocycles. The van der Waals surface area contributed by atoms with E-state index < -0.39 is 16.0 Å². The van der Waals surface area contributed by atoms with Gasteiger partial charge in [0.15, 0.2) is 5.65 Å². The Labute approximate surface area is 131 Å². The van der Waals surface area contributed by atoms with Crippen LogP contribution in [0.2, 0.25) is 0 Å². The van der Waals surface area contributed by atoms with E-state index in [4.69, 9.17) is 4.74 Å². The molecule has 0 saturated carbocycles. The molecule has 0 aliphatic heterocycles. The summed E-state index contributed by atoms with van der Waals surface area (Å²) in [7, 11) is -2.64. The molecule has 0 radical (unpaired) electrons.